The molecule has 0 spiro atoms. The zero-order valence-corrected chi connectivity index (χ0v) is 9.64. The van der Waals surface area contributed by atoms with Gasteiger partial charge in [0.25, 0.3) is 0 Å². The molecule has 0 radical (unpaired) electrons. The molecule has 14 heavy (non-hydrogen) atoms. The van der Waals surface area contributed by atoms with Crippen molar-refractivity contribution in [3.05, 3.63) is 0 Å². The Balaban J connectivity index is 2.13. The van der Waals surface area contributed by atoms with E-state index in [1.165, 1.54) is 12.8 Å². The van der Waals surface area contributed by atoms with Crippen LogP contribution in [-0.4, -0.2) is 18.5 Å². The van der Waals surface area contributed by atoms with Crippen LogP contribution in [0.4, 0.5) is 0 Å². The van der Waals surface area contributed by atoms with Crippen LogP contribution < -0.4 is 0 Å². The predicted octanol–water partition coefficient (Wildman–Crippen LogP) is 2.95. The molecule has 0 amide bonds. The summed E-state index contributed by atoms with van der Waals surface area (Å²) in [6.45, 7) is 6.87. The predicted molar refractivity (Wildman–Crippen MR) is 57.3 cm³/mol. The Hall–Kier alpha value is -0.370. The van der Waals surface area contributed by atoms with Crippen LogP contribution >= 0.6 is 0 Å². The van der Waals surface area contributed by atoms with Gasteiger partial charge >= 0.3 is 0 Å². The number of ether oxygens (including phenoxy) is 1. The van der Waals surface area contributed by atoms with Crippen LogP contribution in [0.5, 0.6) is 0 Å². The maximum Gasteiger partial charge on any atom is 0.132 e. The maximum absolute atomic E-state index is 10.7. The van der Waals surface area contributed by atoms with Gasteiger partial charge in [-0.05, 0) is 38.0 Å². The molecule has 2 heteroatoms. The average Bonchev–Trinajstić information content (AvgIpc) is 2.07. The Morgan fingerprint density at radius 2 is 1.93 bits per heavy atom. The van der Waals surface area contributed by atoms with Gasteiger partial charge in [-0.2, -0.15) is 0 Å². The van der Waals surface area contributed by atoms with Gasteiger partial charge in [0.1, 0.15) is 5.78 Å². The van der Waals surface area contributed by atoms with E-state index in [0.717, 1.165) is 12.8 Å². The van der Waals surface area contributed by atoms with Crippen molar-refractivity contribution in [2.24, 2.45) is 5.41 Å². The standard InChI is InChI=1S/C12H22O2/c1-10(13)6-9-14-11-4-7-12(2,3)8-5-11/h11H,4-9H2,1-3H3. The first-order valence-electron chi connectivity index (χ1n) is 5.61. The Kier molecular flexibility index (Phi) is 4.11. The third-order valence-corrected chi connectivity index (χ3v) is 3.09. The van der Waals surface area contributed by atoms with Gasteiger partial charge in [-0.25, -0.2) is 0 Å². The first-order chi connectivity index (χ1) is 6.49. The summed E-state index contributed by atoms with van der Waals surface area (Å²) in [7, 11) is 0. The van der Waals surface area contributed by atoms with E-state index >= 15 is 0 Å². The Labute approximate surface area is 87.0 Å². The fourth-order valence-corrected chi connectivity index (χ4v) is 1.91. The molecule has 0 aromatic carbocycles. The van der Waals surface area contributed by atoms with E-state index in [2.05, 4.69) is 13.8 Å². The van der Waals surface area contributed by atoms with Crippen molar-refractivity contribution in [3.63, 3.8) is 0 Å². The second kappa shape index (κ2) is 4.92. The highest BCUT2D eigenvalue weighted by atomic mass is 16.5. The van der Waals surface area contributed by atoms with Crippen LogP contribution in [0, 0.1) is 5.41 Å². The van der Waals surface area contributed by atoms with Gasteiger partial charge < -0.3 is 4.74 Å². The smallest absolute Gasteiger partial charge is 0.132 e. The second-order valence-corrected chi connectivity index (χ2v) is 5.19. The van der Waals surface area contributed by atoms with Gasteiger partial charge in [0.05, 0.1) is 12.7 Å². The highest BCUT2D eigenvalue weighted by Crippen LogP contribution is 2.36. The van der Waals surface area contributed by atoms with Gasteiger partial charge in [-0.1, -0.05) is 13.8 Å². The molecule has 0 bridgehead atoms. The molecule has 2 nitrogen and oxygen atoms in total. The SMILES string of the molecule is CC(=O)CCOC1CCC(C)(C)CC1. The highest BCUT2D eigenvalue weighted by Gasteiger charge is 2.26. The molecule has 0 saturated heterocycles. The topological polar surface area (TPSA) is 26.3 Å². The van der Waals surface area contributed by atoms with Gasteiger partial charge in [-0.3, -0.25) is 4.79 Å². The summed E-state index contributed by atoms with van der Waals surface area (Å²) in [5.41, 5.74) is 0.500. The van der Waals surface area contributed by atoms with Crippen molar-refractivity contribution in [2.45, 2.75) is 59.0 Å². The molecule has 1 rings (SSSR count). The van der Waals surface area contributed by atoms with E-state index in [1.807, 2.05) is 0 Å². The summed E-state index contributed by atoms with van der Waals surface area (Å²) in [4.78, 5) is 10.7. The fraction of sp³-hybridized carbons (Fsp3) is 0.917. The number of rotatable bonds is 4. The quantitative estimate of drug-likeness (QED) is 0.694. The molecule has 0 aliphatic heterocycles. The number of ketones is 1. The van der Waals surface area contributed by atoms with Crippen molar-refractivity contribution in [3.8, 4) is 0 Å². The largest absolute Gasteiger partial charge is 0.378 e. The molecule has 1 aliphatic carbocycles. The Morgan fingerprint density at radius 3 is 2.43 bits per heavy atom. The molecule has 0 atom stereocenters. The van der Waals surface area contributed by atoms with Crippen LogP contribution in [-0.2, 0) is 9.53 Å². The van der Waals surface area contributed by atoms with Crippen LogP contribution in [0.1, 0.15) is 52.9 Å². The van der Waals surface area contributed by atoms with E-state index in [0.29, 0.717) is 24.5 Å². The van der Waals surface area contributed by atoms with Gasteiger partial charge in [-0.15, -0.1) is 0 Å². The average molecular weight is 198 g/mol. The lowest BCUT2D eigenvalue weighted by molar-refractivity contribution is -0.118. The summed E-state index contributed by atoms with van der Waals surface area (Å²) < 4.78 is 5.67. The zero-order chi connectivity index (χ0) is 10.6. The molecule has 0 aromatic heterocycles. The molecule has 0 unspecified atom stereocenters. The molecule has 0 heterocycles. The number of carbonyl (C=O) groups excluding carboxylic acids is 1. The summed E-state index contributed by atoms with van der Waals surface area (Å²) in [5.74, 6) is 0.223. The third kappa shape index (κ3) is 4.23. The van der Waals surface area contributed by atoms with Crippen LogP contribution in [0.25, 0.3) is 0 Å². The molecule has 0 aromatic rings. The molecular weight excluding hydrogens is 176 g/mol. The number of hydrogen-bond donors (Lipinski definition) is 0. The summed E-state index contributed by atoms with van der Waals surface area (Å²) >= 11 is 0. The van der Waals surface area contributed by atoms with Gasteiger partial charge in [0.2, 0.25) is 0 Å². The Morgan fingerprint density at radius 1 is 1.36 bits per heavy atom. The van der Waals surface area contributed by atoms with Crippen molar-refractivity contribution < 1.29 is 9.53 Å². The van der Waals surface area contributed by atoms with E-state index in [9.17, 15) is 4.79 Å². The van der Waals surface area contributed by atoms with E-state index in [1.54, 1.807) is 6.92 Å². The molecule has 82 valence electrons. The Bertz CT molecular complexity index is 186. The molecule has 1 saturated carbocycles. The minimum absolute atomic E-state index is 0.223. The molecular formula is C12H22O2. The third-order valence-electron chi connectivity index (χ3n) is 3.09. The van der Waals surface area contributed by atoms with Crippen molar-refractivity contribution in [2.75, 3.05) is 6.61 Å². The minimum Gasteiger partial charge on any atom is -0.378 e. The normalized spacial score (nSPS) is 22.2. The zero-order valence-electron chi connectivity index (χ0n) is 9.64. The lowest BCUT2D eigenvalue weighted by Gasteiger charge is -2.34. The lowest BCUT2D eigenvalue weighted by Crippen LogP contribution is -2.26. The van der Waals surface area contributed by atoms with Gasteiger partial charge in [0.15, 0.2) is 0 Å². The molecule has 1 fully saturated rings. The minimum atomic E-state index is 0.223. The number of hydrogen-bond acceptors (Lipinski definition) is 2. The maximum atomic E-state index is 10.7. The lowest BCUT2D eigenvalue weighted by atomic mass is 9.76. The van der Waals surface area contributed by atoms with Crippen molar-refractivity contribution in [1.82, 2.24) is 0 Å². The van der Waals surface area contributed by atoms with E-state index in [4.69, 9.17) is 4.74 Å². The fourth-order valence-electron chi connectivity index (χ4n) is 1.91. The summed E-state index contributed by atoms with van der Waals surface area (Å²) in [6, 6.07) is 0. The first kappa shape index (κ1) is 11.7. The molecule has 1 aliphatic rings. The van der Waals surface area contributed by atoms with Gasteiger partial charge in [0, 0.05) is 6.42 Å². The van der Waals surface area contributed by atoms with E-state index in [-0.39, 0.29) is 5.78 Å². The summed E-state index contributed by atoms with van der Waals surface area (Å²) in [5, 5.41) is 0. The second-order valence-electron chi connectivity index (χ2n) is 5.19. The monoisotopic (exact) mass is 198 g/mol. The van der Waals surface area contributed by atoms with Crippen molar-refractivity contribution >= 4 is 5.78 Å². The van der Waals surface area contributed by atoms with Crippen LogP contribution in [0.15, 0.2) is 0 Å². The molecule has 0 N–H and O–H groups in total. The van der Waals surface area contributed by atoms with E-state index < -0.39 is 0 Å². The number of carbonyl (C=O) groups is 1. The highest BCUT2D eigenvalue weighted by molar-refractivity contribution is 5.75. The summed E-state index contributed by atoms with van der Waals surface area (Å²) in [6.07, 6.45) is 5.79. The van der Waals surface area contributed by atoms with Crippen LogP contribution in [0.2, 0.25) is 0 Å². The van der Waals surface area contributed by atoms with Crippen molar-refractivity contribution in [1.29, 1.82) is 0 Å². The number of Topliss-reactive ketones (excluding diaryl/α,β-unsaturated/α-hetero) is 1. The van der Waals surface area contributed by atoms with Crippen LogP contribution in [0.3, 0.4) is 0 Å². The first-order valence-corrected chi connectivity index (χ1v) is 5.61.